The Morgan fingerprint density at radius 1 is 1.03 bits per heavy atom. The van der Waals surface area contributed by atoms with E-state index >= 15 is 0 Å². The number of azo groups is 1. The third-order valence-electron chi connectivity index (χ3n) is 4.67. The first-order chi connectivity index (χ1) is 15.5. The van der Waals surface area contributed by atoms with Crippen LogP contribution in [0.25, 0.3) is 16.6 Å². The molecule has 4 aromatic rings. The summed E-state index contributed by atoms with van der Waals surface area (Å²) in [6.07, 6.45) is 1.13. The van der Waals surface area contributed by atoms with Crippen LogP contribution in [0, 0.1) is 18.3 Å². The average Bonchev–Trinajstić information content (AvgIpc) is 3.30. The Hall–Kier alpha value is -3.90. The molecule has 0 atom stereocenters. The Balaban J connectivity index is 1.92. The van der Waals surface area contributed by atoms with Gasteiger partial charge in [0.1, 0.15) is 17.3 Å². The lowest BCUT2D eigenvalue weighted by molar-refractivity contribution is 0.481. The first-order valence-corrected chi connectivity index (χ1v) is 11.9. The number of rotatable bonds is 5. The Morgan fingerprint density at radius 2 is 1.67 bits per heavy atom. The van der Waals surface area contributed by atoms with Crippen LogP contribution in [-0.4, -0.2) is 40.7 Å². The highest BCUT2D eigenvalue weighted by atomic mass is 32.2. The molecule has 2 aromatic carbocycles. The zero-order chi connectivity index (χ0) is 24.0. The predicted octanol–water partition coefficient (Wildman–Crippen LogP) is 3.44. The fourth-order valence-electron chi connectivity index (χ4n) is 3.17. The number of H-pyrrole nitrogens is 1. The predicted molar refractivity (Wildman–Crippen MR) is 115 cm³/mol. The Bertz CT molecular complexity index is 1640. The Labute approximate surface area is 187 Å². The van der Waals surface area contributed by atoms with Crippen molar-refractivity contribution < 1.29 is 25.9 Å². The molecule has 3 N–H and O–H groups in total. The van der Waals surface area contributed by atoms with Crippen LogP contribution in [0.5, 0.6) is 0 Å². The van der Waals surface area contributed by atoms with Crippen molar-refractivity contribution >= 4 is 42.6 Å². The number of aryl methyl sites for hydroxylation is 1. The lowest BCUT2D eigenvalue weighted by atomic mass is 10.2. The molecule has 0 spiro atoms. The summed E-state index contributed by atoms with van der Waals surface area (Å²) >= 11 is 0. The van der Waals surface area contributed by atoms with Crippen molar-refractivity contribution in [2.75, 3.05) is 0 Å². The van der Waals surface area contributed by atoms with Gasteiger partial charge in [-0.25, -0.2) is 4.68 Å². The second-order valence-electron chi connectivity index (χ2n) is 6.86. The van der Waals surface area contributed by atoms with E-state index in [-0.39, 0.29) is 17.1 Å². The number of para-hydroxylation sites is 1. The average molecular weight is 486 g/mol. The fourth-order valence-corrected chi connectivity index (χ4v) is 4.34. The molecule has 2 aromatic heterocycles. The van der Waals surface area contributed by atoms with E-state index in [1.807, 2.05) is 30.3 Å². The maximum atomic E-state index is 11.6. The van der Waals surface area contributed by atoms with Crippen molar-refractivity contribution in [3.63, 3.8) is 0 Å². The molecule has 0 bridgehead atoms. The molecule has 0 fully saturated rings. The summed E-state index contributed by atoms with van der Waals surface area (Å²) in [5.41, 5.74) is 1.77. The topological polar surface area (TPSA) is 191 Å². The summed E-state index contributed by atoms with van der Waals surface area (Å²) in [6, 6.07) is 11.6. The maximum Gasteiger partial charge on any atom is 0.294 e. The van der Waals surface area contributed by atoms with Crippen molar-refractivity contribution in [2.24, 2.45) is 10.2 Å². The zero-order valence-corrected chi connectivity index (χ0v) is 18.3. The minimum atomic E-state index is -4.85. The van der Waals surface area contributed by atoms with Gasteiger partial charge in [0.05, 0.1) is 21.7 Å². The highest BCUT2D eigenvalue weighted by Gasteiger charge is 2.21. The zero-order valence-electron chi connectivity index (χ0n) is 16.7. The van der Waals surface area contributed by atoms with Gasteiger partial charge in [-0.05, 0) is 31.2 Å². The van der Waals surface area contributed by atoms with E-state index in [0.29, 0.717) is 17.4 Å². The van der Waals surface area contributed by atoms with E-state index < -0.39 is 30.0 Å². The molecular formula is C19H14N6O6S2. The molecule has 0 saturated carbocycles. The normalized spacial score (nSPS) is 12.4. The van der Waals surface area contributed by atoms with E-state index in [9.17, 15) is 31.2 Å². The van der Waals surface area contributed by atoms with Gasteiger partial charge in [0.15, 0.2) is 5.82 Å². The molecule has 0 amide bonds. The van der Waals surface area contributed by atoms with Gasteiger partial charge < -0.3 is 4.98 Å². The molecule has 33 heavy (non-hydrogen) atoms. The number of aromatic nitrogens is 3. The number of fused-ring (bicyclic) bond motifs is 1. The Kier molecular flexibility index (Phi) is 5.34. The first-order valence-electron chi connectivity index (χ1n) is 9.06. The third kappa shape index (κ3) is 4.25. The minimum Gasteiger partial charge on any atom is -0.357 e. The summed E-state index contributed by atoms with van der Waals surface area (Å²) in [7, 11) is -9.69. The van der Waals surface area contributed by atoms with E-state index in [0.717, 1.165) is 33.9 Å². The maximum absolute atomic E-state index is 11.6. The number of hydrogen-bond donors (Lipinski definition) is 3. The van der Waals surface area contributed by atoms with Gasteiger partial charge in [-0.1, -0.05) is 18.2 Å². The van der Waals surface area contributed by atoms with Crippen LogP contribution in [0.4, 0.5) is 11.5 Å². The summed E-state index contributed by atoms with van der Waals surface area (Å²) in [6.45, 7) is 1.78. The van der Waals surface area contributed by atoms with E-state index in [1.54, 1.807) is 6.92 Å². The lowest BCUT2D eigenvalue weighted by Gasteiger charge is -2.08. The molecule has 4 rings (SSSR count). The van der Waals surface area contributed by atoms with E-state index in [2.05, 4.69) is 20.3 Å². The molecule has 12 nitrogen and oxygen atoms in total. The van der Waals surface area contributed by atoms with Gasteiger partial charge >= 0.3 is 0 Å². The molecule has 168 valence electrons. The molecule has 0 aliphatic heterocycles. The number of nitrogens with one attached hydrogen (secondary N) is 1. The molecule has 0 aliphatic carbocycles. The van der Waals surface area contributed by atoms with E-state index in [4.69, 9.17) is 0 Å². The molecule has 0 radical (unpaired) electrons. The van der Waals surface area contributed by atoms with Gasteiger partial charge in [0, 0.05) is 16.6 Å². The summed E-state index contributed by atoms with van der Waals surface area (Å²) in [5, 5.41) is 22.5. The van der Waals surface area contributed by atoms with Crippen LogP contribution in [0.3, 0.4) is 0 Å². The second-order valence-corrected chi connectivity index (χ2v) is 9.71. The van der Waals surface area contributed by atoms with Crippen molar-refractivity contribution in [3.05, 3.63) is 59.9 Å². The fraction of sp³-hybridized carbons (Fsp3) is 0.0526. The minimum absolute atomic E-state index is 0.0399. The SMILES string of the molecule is Cc1[nH]c2ccccc2c1N=Nc1c(C#N)cnn1-c1cc(S(=O)(=O)O)cc(S(=O)(=O)O)c1. The van der Waals surface area contributed by atoms with Gasteiger partial charge in [-0.3, -0.25) is 9.11 Å². The summed E-state index contributed by atoms with van der Waals surface area (Å²) < 4.78 is 66.3. The second kappa shape index (κ2) is 7.90. The molecular weight excluding hydrogens is 472 g/mol. The van der Waals surface area contributed by atoms with Crippen LogP contribution in [0.2, 0.25) is 0 Å². The van der Waals surface area contributed by atoms with Gasteiger partial charge in [0.2, 0.25) is 0 Å². The number of hydrogen-bond acceptors (Lipinski definition) is 8. The summed E-state index contributed by atoms with van der Waals surface area (Å²) in [4.78, 5) is 1.53. The lowest BCUT2D eigenvalue weighted by Crippen LogP contribution is -2.06. The molecule has 0 saturated heterocycles. The Morgan fingerprint density at radius 3 is 2.27 bits per heavy atom. The van der Waals surface area contributed by atoms with Gasteiger partial charge in [-0.15, -0.1) is 10.2 Å². The van der Waals surface area contributed by atoms with Gasteiger partial charge in [-0.2, -0.15) is 27.2 Å². The van der Waals surface area contributed by atoms with Crippen molar-refractivity contribution in [2.45, 2.75) is 16.7 Å². The number of aromatic amines is 1. The van der Waals surface area contributed by atoms with Crippen LogP contribution in [-0.2, 0) is 20.2 Å². The smallest absolute Gasteiger partial charge is 0.294 e. The largest absolute Gasteiger partial charge is 0.357 e. The molecule has 0 aliphatic rings. The highest BCUT2D eigenvalue weighted by Crippen LogP contribution is 2.33. The van der Waals surface area contributed by atoms with Crippen LogP contribution in [0.15, 0.2) is 68.7 Å². The number of nitrogens with zero attached hydrogens (tertiary/aromatic N) is 5. The summed E-state index contributed by atoms with van der Waals surface area (Å²) in [5.74, 6) is -0.129. The standard InChI is InChI=1S/C19H14N6O6S2/c1-11-18(16-4-2-3-5-17(16)22-11)23-24-19-12(9-20)10-21-25(19)13-6-14(32(26,27)28)8-15(7-13)33(29,30)31/h2-8,10,22H,1H3,(H,26,27,28)(H,29,30,31). The number of benzene rings is 2. The monoisotopic (exact) mass is 486 g/mol. The highest BCUT2D eigenvalue weighted by molar-refractivity contribution is 7.86. The van der Waals surface area contributed by atoms with Crippen LogP contribution >= 0.6 is 0 Å². The van der Waals surface area contributed by atoms with Crippen molar-refractivity contribution in [1.29, 1.82) is 5.26 Å². The first kappa shape index (κ1) is 22.3. The third-order valence-corrected chi connectivity index (χ3v) is 6.34. The van der Waals surface area contributed by atoms with Crippen molar-refractivity contribution in [1.82, 2.24) is 14.8 Å². The quantitative estimate of drug-likeness (QED) is 0.282. The van der Waals surface area contributed by atoms with E-state index in [1.165, 1.54) is 0 Å². The van der Waals surface area contributed by atoms with Crippen molar-refractivity contribution in [3.8, 4) is 11.8 Å². The molecule has 2 heterocycles. The molecule has 0 unspecified atom stereocenters. The van der Waals surface area contributed by atoms with Crippen LogP contribution < -0.4 is 0 Å². The molecule has 14 heteroatoms. The number of nitriles is 1. The van der Waals surface area contributed by atoms with Crippen LogP contribution in [0.1, 0.15) is 11.3 Å². The van der Waals surface area contributed by atoms with Gasteiger partial charge in [0.25, 0.3) is 20.2 Å².